The topological polar surface area (TPSA) is 71.7 Å². The summed E-state index contributed by atoms with van der Waals surface area (Å²) in [6.45, 7) is 7.13. The quantitative estimate of drug-likeness (QED) is 0.636. The van der Waals surface area contributed by atoms with E-state index >= 15 is 0 Å². The third-order valence-corrected chi connectivity index (χ3v) is 5.91. The maximum absolute atomic E-state index is 5.70. The average Bonchev–Trinajstić information content (AvgIpc) is 3.13. The van der Waals surface area contributed by atoms with Crippen LogP contribution < -0.4 is 10.6 Å². The molecule has 1 aliphatic carbocycles. The molecule has 26 heavy (non-hydrogen) atoms. The lowest BCUT2D eigenvalue weighted by molar-refractivity contribution is -0.176. The molecule has 6 nitrogen and oxygen atoms in total. The lowest BCUT2D eigenvalue weighted by Crippen LogP contribution is -2.69. The van der Waals surface area contributed by atoms with Crippen molar-refractivity contribution >= 4 is 5.96 Å². The Labute approximate surface area is 155 Å². The van der Waals surface area contributed by atoms with Gasteiger partial charge in [-0.25, -0.2) is 4.98 Å². The van der Waals surface area contributed by atoms with Crippen molar-refractivity contribution in [2.24, 2.45) is 10.4 Å². The Morgan fingerprint density at radius 2 is 2.04 bits per heavy atom. The molecule has 2 aromatic rings. The van der Waals surface area contributed by atoms with Gasteiger partial charge in [-0.15, -0.1) is 0 Å². The van der Waals surface area contributed by atoms with Crippen LogP contribution >= 0.6 is 0 Å². The van der Waals surface area contributed by atoms with Crippen LogP contribution in [0, 0.1) is 5.41 Å². The summed E-state index contributed by atoms with van der Waals surface area (Å²) in [6.07, 6.45) is 2.42. The number of aliphatic imine (C=N–C) groups is 1. The summed E-state index contributed by atoms with van der Waals surface area (Å²) >= 11 is 0. The van der Waals surface area contributed by atoms with E-state index in [-0.39, 0.29) is 11.0 Å². The van der Waals surface area contributed by atoms with E-state index in [9.17, 15) is 0 Å². The Balaban J connectivity index is 1.63. The van der Waals surface area contributed by atoms with Crippen molar-refractivity contribution in [2.45, 2.75) is 45.4 Å². The number of methoxy groups -OCH3 is 1. The highest BCUT2D eigenvalue weighted by Crippen LogP contribution is 2.51. The molecule has 0 spiro atoms. The third-order valence-electron chi connectivity index (χ3n) is 5.91. The highest BCUT2D eigenvalue weighted by Gasteiger charge is 2.58. The standard InChI is InChI=1S/C20H28N4O2/c1-19(2)16(11-20(19,3)25-5)24-18(21-4)22-12-15-17(26-13-23-15)14-9-7-6-8-10-14/h6-10,13,16H,11-12H2,1-5H3,(H2,21,22,24). The van der Waals surface area contributed by atoms with Crippen LogP contribution in [0.4, 0.5) is 0 Å². The first kappa shape index (κ1) is 18.5. The number of ether oxygens (including phenoxy) is 1. The number of hydrogen-bond acceptors (Lipinski definition) is 4. The van der Waals surface area contributed by atoms with Gasteiger partial charge in [0.15, 0.2) is 18.1 Å². The van der Waals surface area contributed by atoms with Gasteiger partial charge < -0.3 is 19.8 Å². The molecule has 2 N–H and O–H groups in total. The Morgan fingerprint density at radius 3 is 2.65 bits per heavy atom. The van der Waals surface area contributed by atoms with Crippen LogP contribution in [0.3, 0.4) is 0 Å². The van der Waals surface area contributed by atoms with E-state index in [0.717, 1.165) is 29.4 Å². The van der Waals surface area contributed by atoms with E-state index in [1.807, 2.05) is 30.3 Å². The lowest BCUT2D eigenvalue weighted by atomic mass is 9.56. The van der Waals surface area contributed by atoms with Crippen molar-refractivity contribution in [1.82, 2.24) is 15.6 Å². The highest BCUT2D eigenvalue weighted by molar-refractivity contribution is 5.80. The molecule has 1 heterocycles. The van der Waals surface area contributed by atoms with Gasteiger partial charge in [0.2, 0.25) is 0 Å². The van der Waals surface area contributed by atoms with Gasteiger partial charge in [-0.3, -0.25) is 4.99 Å². The fraction of sp³-hybridized carbons (Fsp3) is 0.500. The van der Waals surface area contributed by atoms with Gasteiger partial charge in [0, 0.05) is 31.2 Å². The minimum absolute atomic E-state index is 0.0163. The summed E-state index contributed by atoms with van der Waals surface area (Å²) in [5.74, 6) is 1.53. The zero-order valence-electron chi connectivity index (χ0n) is 16.2. The van der Waals surface area contributed by atoms with Crippen LogP contribution in [0.2, 0.25) is 0 Å². The molecule has 0 radical (unpaired) electrons. The van der Waals surface area contributed by atoms with Crippen LogP contribution in [-0.2, 0) is 11.3 Å². The molecule has 0 amide bonds. The third kappa shape index (κ3) is 3.21. The van der Waals surface area contributed by atoms with Crippen molar-refractivity contribution in [3.63, 3.8) is 0 Å². The molecule has 2 unspecified atom stereocenters. The SMILES string of the molecule is CN=C(NCc1ncoc1-c1ccccc1)NC1CC(C)(OC)C1(C)C. The Bertz CT molecular complexity index is 769. The number of nitrogens with zero attached hydrogens (tertiary/aromatic N) is 2. The Hall–Kier alpha value is -2.34. The number of oxazole rings is 1. The first-order valence-corrected chi connectivity index (χ1v) is 8.91. The zero-order valence-corrected chi connectivity index (χ0v) is 16.2. The zero-order chi connectivity index (χ0) is 18.8. The molecule has 1 saturated carbocycles. The summed E-state index contributed by atoms with van der Waals surface area (Å²) in [7, 11) is 3.55. The van der Waals surface area contributed by atoms with E-state index in [4.69, 9.17) is 9.15 Å². The monoisotopic (exact) mass is 356 g/mol. The summed E-state index contributed by atoms with van der Waals surface area (Å²) in [5, 5.41) is 6.84. The van der Waals surface area contributed by atoms with Crippen molar-refractivity contribution in [3.05, 3.63) is 42.4 Å². The van der Waals surface area contributed by atoms with Gasteiger partial charge in [0.05, 0.1) is 12.1 Å². The van der Waals surface area contributed by atoms with Crippen LogP contribution in [0.25, 0.3) is 11.3 Å². The molecular formula is C20H28N4O2. The summed E-state index contributed by atoms with van der Waals surface area (Å²) in [4.78, 5) is 8.69. The molecule has 1 aromatic heterocycles. The normalized spacial score (nSPS) is 24.8. The summed E-state index contributed by atoms with van der Waals surface area (Å²) < 4.78 is 11.3. The molecule has 3 rings (SSSR count). The van der Waals surface area contributed by atoms with E-state index in [2.05, 4.69) is 41.4 Å². The molecule has 0 bridgehead atoms. The van der Waals surface area contributed by atoms with E-state index in [0.29, 0.717) is 12.6 Å². The van der Waals surface area contributed by atoms with E-state index < -0.39 is 0 Å². The Kier molecular flexibility index (Phi) is 5.05. The molecule has 1 fully saturated rings. The first-order valence-electron chi connectivity index (χ1n) is 8.91. The minimum Gasteiger partial charge on any atom is -0.443 e. The molecule has 1 aromatic carbocycles. The van der Waals surface area contributed by atoms with E-state index in [1.165, 1.54) is 6.39 Å². The number of nitrogens with one attached hydrogen (secondary N) is 2. The predicted molar refractivity (Wildman–Crippen MR) is 103 cm³/mol. The minimum atomic E-state index is -0.115. The maximum atomic E-state index is 5.70. The first-order chi connectivity index (χ1) is 12.4. The fourth-order valence-corrected chi connectivity index (χ4v) is 3.47. The number of hydrogen-bond donors (Lipinski definition) is 2. The lowest BCUT2D eigenvalue weighted by Gasteiger charge is -2.59. The van der Waals surface area contributed by atoms with Crippen molar-refractivity contribution < 1.29 is 9.15 Å². The van der Waals surface area contributed by atoms with Gasteiger partial charge in [-0.05, 0) is 13.3 Å². The molecule has 2 atom stereocenters. The van der Waals surface area contributed by atoms with Crippen molar-refractivity contribution in [1.29, 1.82) is 0 Å². The number of rotatable bonds is 5. The predicted octanol–water partition coefficient (Wildman–Crippen LogP) is 3.21. The highest BCUT2D eigenvalue weighted by atomic mass is 16.5. The van der Waals surface area contributed by atoms with E-state index in [1.54, 1.807) is 14.2 Å². The van der Waals surface area contributed by atoms with Gasteiger partial charge in [-0.2, -0.15) is 0 Å². The second kappa shape index (κ2) is 7.11. The van der Waals surface area contributed by atoms with Crippen LogP contribution in [0.15, 0.2) is 46.1 Å². The molecule has 0 aliphatic heterocycles. The number of aromatic nitrogens is 1. The van der Waals surface area contributed by atoms with Crippen LogP contribution in [0.1, 0.15) is 32.9 Å². The molecule has 1 aliphatic rings. The van der Waals surface area contributed by atoms with Gasteiger partial charge in [-0.1, -0.05) is 44.2 Å². The molecular weight excluding hydrogens is 328 g/mol. The molecule has 0 saturated heterocycles. The maximum Gasteiger partial charge on any atom is 0.191 e. The van der Waals surface area contributed by atoms with Gasteiger partial charge in [0.25, 0.3) is 0 Å². The second-order valence-electron chi connectivity index (χ2n) is 7.48. The number of guanidine groups is 1. The smallest absolute Gasteiger partial charge is 0.191 e. The van der Waals surface area contributed by atoms with Crippen LogP contribution in [0.5, 0.6) is 0 Å². The average molecular weight is 356 g/mol. The summed E-state index contributed by atoms with van der Waals surface area (Å²) in [5.41, 5.74) is 1.77. The molecule has 6 heteroatoms. The second-order valence-corrected chi connectivity index (χ2v) is 7.48. The van der Waals surface area contributed by atoms with Gasteiger partial charge in [0.1, 0.15) is 5.69 Å². The van der Waals surface area contributed by atoms with Crippen molar-refractivity contribution in [2.75, 3.05) is 14.2 Å². The Morgan fingerprint density at radius 1 is 1.31 bits per heavy atom. The fourth-order valence-electron chi connectivity index (χ4n) is 3.47. The molecule has 140 valence electrons. The largest absolute Gasteiger partial charge is 0.443 e. The summed E-state index contributed by atoms with van der Waals surface area (Å²) in [6, 6.07) is 10.3. The van der Waals surface area contributed by atoms with Crippen molar-refractivity contribution in [3.8, 4) is 11.3 Å². The van der Waals surface area contributed by atoms with Gasteiger partial charge >= 0.3 is 0 Å². The number of benzene rings is 1. The van der Waals surface area contributed by atoms with Crippen LogP contribution in [-0.4, -0.2) is 36.7 Å².